The molecular formula is C16H23N5OS. The van der Waals surface area contributed by atoms with E-state index in [2.05, 4.69) is 53.6 Å². The standard InChI is InChI=1S/C16H23N5OS/c1-10(2)20-11(3)8-13(12(20)4)9-17-21-15(18-19-16(21)23)14-6-5-7-22-14/h8-10,14H,5-7H2,1-4H3,(H,19,23)/b17-9-/t14-/m1/s1. The number of nitrogens with zero attached hydrogens (tertiary/aromatic N) is 4. The first-order valence-electron chi connectivity index (χ1n) is 8.00. The lowest BCUT2D eigenvalue weighted by molar-refractivity contribution is 0.102. The minimum Gasteiger partial charge on any atom is -0.370 e. The summed E-state index contributed by atoms with van der Waals surface area (Å²) in [5.74, 6) is 0.751. The molecule has 1 aliphatic rings. The average molecular weight is 333 g/mol. The quantitative estimate of drug-likeness (QED) is 0.686. The molecular weight excluding hydrogens is 310 g/mol. The molecule has 7 heteroatoms. The van der Waals surface area contributed by atoms with Crippen molar-refractivity contribution in [3.8, 4) is 0 Å². The van der Waals surface area contributed by atoms with E-state index in [4.69, 9.17) is 17.0 Å². The van der Waals surface area contributed by atoms with Crippen molar-refractivity contribution in [3.05, 3.63) is 33.6 Å². The van der Waals surface area contributed by atoms with Crippen molar-refractivity contribution in [2.24, 2.45) is 5.10 Å². The van der Waals surface area contributed by atoms with Gasteiger partial charge in [0.2, 0.25) is 4.77 Å². The van der Waals surface area contributed by atoms with Crippen molar-refractivity contribution >= 4 is 18.4 Å². The maximum atomic E-state index is 5.70. The summed E-state index contributed by atoms with van der Waals surface area (Å²) in [6.07, 6.45) is 3.83. The highest BCUT2D eigenvalue weighted by Gasteiger charge is 2.23. The van der Waals surface area contributed by atoms with E-state index in [1.807, 2.05) is 6.21 Å². The van der Waals surface area contributed by atoms with Crippen molar-refractivity contribution in [3.63, 3.8) is 0 Å². The molecule has 0 aromatic carbocycles. The van der Waals surface area contributed by atoms with Gasteiger partial charge in [0.25, 0.3) is 0 Å². The smallest absolute Gasteiger partial charge is 0.216 e. The molecule has 0 bridgehead atoms. The molecule has 3 heterocycles. The van der Waals surface area contributed by atoms with Crippen LogP contribution in [0.4, 0.5) is 0 Å². The van der Waals surface area contributed by atoms with E-state index in [9.17, 15) is 0 Å². The number of aryl methyl sites for hydroxylation is 1. The highest BCUT2D eigenvalue weighted by molar-refractivity contribution is 7.71. The number of aromatic nitrogens is 4. The SMILES string of the molecule is Cc1cc(/C=N\n2c([C@H]3CCCO3)n[nH]c2=S)c(C)n1C(C)C. The van der Waals surface area contributed by atoms with Gasteiger partial charge in [-0.05, 0) is 58.8 Å². The lowest BCUT2D eigenvalue weighted by Crippen LogP contribution is -2.06. The predicted octanol–water partition coefficient (Wildman–Crippen LogP) is 3.67. The Balaban J connectivity index is 1.94. The first-order valence-corrected chi connectivity index (χ1v) is 8.41. The molecule has 1 atom stereocenters. The largest absolute Gasteiger partial charge is 0.370 e. The number of rotatable bonds is 4. The molecule has 124 valence electrons. The minimum atomic E-state index is -0.0248. The molecule has 0 aliphatic carbocycles. The van der Waals surface area contributed by atoms with Crippen LogP contribution in [0.5, 0.6) is 0 Å². The van der Waals surface area contributed by atoms with Gasteiger partial charge in [0.05, 0.1) is 6.21 Å². The Hall–Kier alpha value is -1.73. The Morgan fingerprint density at radius 1 is 1.48 bits per heavy atom. The molecule has 2 aromatic rings. The third kappa shape index (κ3) is 3.03. The Labute approximate surface area is 141 Å². The maximum Gasteiger partial charge on any atom is 0.216 e. The van der Waals surface area contributed by atoms with Gasteiger partial charge in [-0.3, -0.25) is 5.10 Å². The number of hydrogen-bond donors (Lipinski definition) is 1. The molecule has 0 amide bonds. The van der Waals surface area contributed by atoms with Gasteiger partial charge < -0.3 is 9.30 Å². The summed E-state index contributed by atoms with van der Waals surface area (Å²) in [5.41, 5.74) is 3.53. The van der Waals surface area contributed by atoms with Crippen LogP contribution in [0, 0.1) is 18.6 Å². The summed E-state index contributed by atoms with van der Waals surface area (Å²) in [6.45, 7) is 9.37. The van der Waals surface area contributed by atoms with Crippen molar-refractivity contribution in [2.45, 2.75) is 52.7 Å². The van der Waals surface area contributed by atoms with Crippen molar-refractivity contribution in [1.82, 2.24) is 19.4 Å². The Morgan fingerprint density at radius 3 is 2.87 bits per heavy atom. The third-order valence-corrected chi connectivity index (χ3v) is 4.51. The van der Waals surface area contributed by atoms with E-state index in [-0.39, 0.29) is 6.10 Å². The number of H-pyrrole nitrogens is 1. The highest BCUT2D eigenvalue weighted by Crippen LogP contribution is 2.27. The molecule has 0 unspecified atom stereocenters. The molecule has 0 spiro atoms. The molecule has 6 nitrogen and oxygen atoms in total. The molecule has 0 radical (unpaired) electrons. The van der Waals surface area contributed by atoms with E-state index in [1.54, 1.807) is 4.68 Å². The van der Waals surface area contributed by atoms with E-state index >= 15 is 0 Å². The van der Waals surface area contributed by atoms with Crippen LogP contribution in [0.15, 0.2) is 11.2 Å². The molecule has 1 aliphatic heterocycles. The molecule has 1 saturated heterocycles. The average Bonchev–Trinajstić information content (AvgIpc) is 3.17. The van der Waals surface area contributed by atoms with E-state index in [1.165, 1.54) is 11.4 Å². The molecule has 0 saturated carbocycles. The molecule has 3 rings (SSSR count). The predicted molar refractivity (Wildman–Crippen MR) is 92.6 cm³/mol. The van der Waals surface area contributed by atoms with Gasteiger partial charge in [-0.15, -0.1) is 0 Å². The first-order chi connectivity index (χ1) is 11.0. The molecule has 1 N–H and O–H groups in total. The van der Waals surface area contributed by atoms with Gasteiger partial charge in [-0.2, -0.15) is 14.9 Å². The number of nitrogens with one attached hydrogen (secondary N) is 1. The van der Waals surface area contributed by atoms with Crippen LogP contribution in [0.2, 0.25) is 0 Å². The number of hydrogen-bond acceptors (Lipinski definition) is 4. The second-order valence-corrected chi connectivity index (χ2v) is 6.62. The summed E-state index contributed by atoms with van der Waals surface area (Å²) in [7, 11) is 0. The summed E-state index contributed by atoms with van der Waals surface area (Å²) in [5, 5.41) is 11.7. The second kappa shape index (κ2) is 6.41. The van der Waals surface area contributed by atoms with Gasteiger partial charge in [0, 0.05) is 29.6 Å². The number of aromatic amines is 1. The van der Waals surface area contributed by atoms with Crippen LogP contribution in [-0.4, -0.2) is 32.3 Å². The van der Waals surface area contributed by atoms with Crippen LogP contribution < -0.4 is 0 Å². The Kier molecular flexibility index (Phi) is 4.50. The zero-order valence-corrected chi connectivity index (χ0v) is 14.9. The third-order valence-electron chi connectivity index (χ3n) is 4.25. The molecule has 1 fully saturated rings. The maximum absolute atomic E-state index is 5.70. The zero-order valence-electron chi connectivity index (χ0n) is 14.0. The lowest BCUT2D eigenvalue weighted by atomic mass is 10.2. The van der Waals surface area contributed by atoms with E-state index in [0.717, 1.165) is 30.8 Å². The lowest BCUT2D eigenvalue weighted by Gasteiger charge is -2.13. The van der Waals surface area contributed by atoms with Gasteiger partial charge in [0.15, 0.2) is 5.82 Å². The second-order valence-electron chi connectivity index (χ2n) is 6.24. The van der Waals surface area contributed by atoms with Crippen LogP contribution >= 0.6 is 12.2 Å². The van der Waals surface area contributed by atoms with Gasteiger partial charge >= 0.3 is 0 Å². The van der Waals surface area contributed by atoms with Crippen LogP contribution in [-0.2, 0) is 4.74 Å². The fourth-order valence-corrected chi connectivity index (χ4v) is 3.44. The Morgan fingerprint density at radius 2 is 2.26 bits per heavy atom. The molecule has 23 heavy (non-hydrogen) atoms. The van der Waals surface area contributed by atoms with Crippen LogP contribution in [0.1, 0.15) is 61.6 Å². The summed E-state index contributed by atoms with van der Waals surface area (Å²) in [6, 6.07) is 2.57. The Bertz CT molecular complexity index is 777. The monoisotopic (exact) mass is 333 g/mol. The fraction of sp³-hybridized carbons (Fsp3) is 0.562. The highest BCUT2D eigenvalue weighted by atomic mass is 32.1. The summed E-state index contributed by atoms with van der Waals surface area (Å²) in [4.78, 5) is 0. The van der Waals surface area contributed by atoms with Gasteiger partial charge in [0.1, 0.15) is 6.10 Å². The van der Waals surface area contributed by atoms with Gasteiger partial charge in [-0.1, -0.05) is 0 Å². The van der Waals surface area contributed by atoms with Crippen molar-refractivity contribution < 1.29 is 4.74 Å². The zero-order chi connectivity index (χ0) is 16.6. The minimum absolute atomic E-state index is 0.0248. The fourth-order valence-electron chi connectivity index (χ4n) is 3.25. The topological polar surface area (TPSA) is 60.1 Å². The van der Waals surface area contributed by atoms with Crippen molar-refractivity contribution in [2.75, 3.05) is 6.61 Å². The number of ether oxygens (including phenoxy) is 1. The van der Waals surface area contributed by atoms with Crippen molar-refractivity contribution in [1.29, 1.82) is 0 Å². The summed E-state index contributed by atoms with van der Waals surface area (Å²) < 4.78 is 10.2. The summed E-state index contributed by atoms with van der Waals surface area (Å²) >= 11 is 5.30. The van der Waals surface area contributed by atoms with E-state index in [0.29, 0.717) is 10.8 Å². The first kappa shape index (κ1) is 16.1. The van der Waals surface area contributed by atoms with E-state index < -0.39 is 0 Å². The molecule has 2 aromatic heterocycles. The van der Waals surface area contributed by atoms with Gasteiger partial charge in [-0.25, -0.2) is 0 Å². The van der Waals surface area contributed by atoms with Crippen LogP contribution in [0.3, 0.4) is 0 Å². The normalized spacial score (nSPS) is 18.6. The van der Waals surface area contributed by atoms with Crippen LogP contribution in [0.25, 0.3) is 0 Å².